The van der Waals surface area contributed by atoms with Gasteiger partial charge in [0.2, 0.25) is 11.8 Å². The third-order valence-corrected chi connectivity index (χ3v) is 6.38. The number of esters is 1. The summed E-state index contributed by atoms with van der Waals surface area (Å²) in [4.78, 5) is 37.8. The maximum absolute atomic E-state index is 12.9. The number of nitrogens with one attached hydrogen (secondary N) is 2. The molecule has 2 aromatic carbocycles. The van der Waals surface area contributed by atoms with E-state index in [2.05, 4.69) is 16.7 Å². The number of nitrogens with zero attached hydrogens (tertiary/aromatic N) is 1. The quantitative estimate of drug-likeness (QED) is 0.418. The van der Waals surface area contributed by atoms with E-state index < -0.39 is 23.7 Å². The first-order valence-electron chi connectivity index (χ1n) is 10.3. The summed E-state index contributed by atoms with van der Waals surface area (Å²) in [5, 5.41) is 15.8. The van der Waals surface area contributed by atoms with Gasteiger partial charge in [0.05, 0.1) is 36.1 Å². The van der Waals surface area contributed by atoms with E-state index in [9.17, 15) is 19.6 Å². The molecule has 0 bridgehead atoms. The van der Waals surface area contributed by atoms with Crippen LogP contribution in [-0.2, 0) is 19.1 Å². The van der Waals surface area contributed by atoms with Crippen LogP contribution in [0.25, 0.3) is 0 Å². The van der Waals surface area contributed by atoms with E-state index >= 15 is 0 Å². The number of rotatable bonds is 8. The SMILES string of the molecule is CCOc1ccc(NC(=O)CSC2=C(C#N)[C@H](c3ccccc3Cl)[C@H](C(=O)OC)C(=O)N2)cc1. The summed E-state index contributed by atoms with van der Waals surface area (Å²) in [7, 11) is 1.17. The molecule has 2 N–H and O–H groups in total. The number of ether oxygens (including phenoxy) is 2. The van der Waals surface area contributed by atoms with E-state index in [1.165, 1.54) is 7.11 Å². The molecule has 2 atom stereocenters. The second kappa shape index (κ2) is 11.6. The van der Waals surface area contributed by atoms with Crippen molar-refractivity contribution >= 4 is 46.8 Å². The van der Waals surface area contributed by atoms with Gasteiger partial charge < -0.3 is 20.1 Å². The molecule has 8 nitrogen and oxygen atoms in total. The highest BCUT2D eigenvalue weighted by Gasteiger charge is 2.45. The number of hydrogen-bond acceptors (Lipinski definition) is 7. The van der Waals surface area contributed by atoms with Crippen LogP contribution in [0.15, 0.2) is 59.1 Å². The summed E-state index contributed by atoms with van der Waals surface area (Å²) in [6.07, 6.45) is 0. The fourth-order valence-corrected chi connectivity index (χ4v) is 4.62. The maximum Gasteiger partial charge on any atom is 0.319 e. The number of anilines is 1. The van der Waals surface area contributed by atoms with Gasteiger partial charge in [0.25, 0.3) is 0 Å². The zero-order valence-corrected chi connectivity index (χ0v) is 20.0. The molecule has 10 heteroatoms. The lowest BCUT2D eigenvalue weighted by atomic mass is 9.78. The molecule has 1 aliphatic rings. The van der Waals surface area contributed by atoms with E-state index in [0.29, 0.717) is 28.6 Å². The average Bonchev–Trinajstić information content (AvgIpc) is 2.83. The maximum atomic E-state index is 12.9. The van der Waals surface area contributed by atoms with Gasteiger partial charge in [-0.2, -0.15) is 5.26 Å². The lowest BCUT2D eigenvalue weighted by molar-refractivity contribution is -0.150. The molecule has 0 radical (unpaired) electrons. The number of halogens is 1. The van der Waals surface area contributed by atoms with Crippen LogP contribution >= 0.6 is 23.4 Å². The molecule has 0 aromatic heterocycles. The highest BCUT2D eigenvalue weighted by atomic mass is 35.5. The minimum atomic E-state index is -1.29. The Hall–Kier alpha value is -3.48. The van der Waals surface area contributed by atoms with Crippen LogP contribution in [-0.4, -0.2) is 37.3 Å². The molecule has 176 valence electrons. The van der Waals surface area contributed by atoms with E-state index in [4.69, 9.17) is 21.1 Å². The van der Waals surface area contributed by atoms with E-state index in [0.717, 1.165) is 11.8 Å². The fraction of sp³-hybridized carbons (Fsp3) is 0.250. The third-order valence-electron chi connectivity index (χ3n) is 5.02. The summed E-state index contributed by atoms with van der Waals surface area (Å²) in [5.41, 5.74) is 1.15. The monoisotopic (exact) mass is 499 g/mol. The molecule has 1 heterocycles. The zero-order valence-electron chi connectivity index (χ0n) is 18.5. The summed E-state index contributed by atoms with van der Waals surface area (Å²) in [5.74, 6) is -3.38. The Kier molecular flexibility index (Phi) is 8.57. The van der Waals surface area contributed by atoms with E-state index in [1.807, 2.05) is 6.92 Å². The van der Waals surface area contributed by atoms with Crippen molar-refractivity contribution in [1.82, 2.24) is 5.32 Å². The summed E-state index contributed by atoms with van der Waals surface area (Å²) in [6, 6.07) is 15.7. The minimum Gasteiger partial charge on any atom is -0.494 e. The van der Waals surface area contributed by atoms with Crippen molar-refractivity contribution in [1.29, 1.82) is 5.26 Å². The number of amides is 2. The van der Waals surface area contributed by atoms with Gasteiger partial charge in [-0.3, -0.25) is 14.4 Å². The Morgan fingerprint density at radius 2 is 1.91 bits per heavy atom. The molecule has 0 spiro atoms. The van der Waals surface area contributed by atoms with Crippen molar-refractivity contribution in [2.24, 2.45) is 5.92 Å². The van der Waals surface area contributed by atoms with Crippen LogP contribution in [0, 0.1) is 17.2 Å². The smallest absolute Gasteiger partial charge is 0.319 e. The minimum absolute atomic E-state index is 0.0772. The summed E-state index contributed by atoms with van der Waals surface area (Å²) < 4.78 is 10.2. The van der Waals surface area contributed by atoms with Crippen molar-refractivity contribution < 1.29 is 23.9 Å². The molecule has 2 aromatic rings. The van der Waals surface area contributed by atoms with E-state index in [1.54, 1.807) is 48.5 Å². The van der Waals surface area contributed by atoms with Gasteiger partial charge in [0.15, 0.2) is 0 Å². The molecule has 0 saturated carbocycles. The molecular weight excluding hydrogens is 478 g/mol. The molecular formula is C24H22ClN3O5S. The number of nitriles is 1. The number of hydrogen-bond donors (Lipinski definition) is 2. The standard InChI is InChI=1S/C24H22ClN3O5S/c1-3-33-15-10-8-14(9-11-15)27-19(29)13-34-23-17(12-26)20(16-6-4-5-7-18(16)25)21(22(30)28-23)24(31)32-2/h4-11,20-21H,3,13H2,1-2H3,(H,27,29)(H,28,30)/t20-,21-/m0/s1. The van der Waals surface area contributed by atoms with Crippen LogP contribution in [0.5, 0.6) is 5.75 Å². The normalized spacial score (nSPS) is 17.4. The number of carbonyl (C=O) groups excluding carboxylic acids is 3. The first-order valence-corrected chi connectivity index (χ1v) is 11.7. The lowest BCUT2D eigenvalue weighted by Gasteiger charge is -2.31. The Labute approximate surface area is 206 Å². The number of allylic oxidation sites excluding steroid dienone is 1. The second-order valence-corrected chi connectivity index (χ2v) is 8.53. The van der Waals surface area contributed by atoms with Crippen molar-refractivity contribution in [2.45, 2.75) is 12.8 Å². The Bertz CT molecular complexity index is 1160. The number of benzene rings is 2. The first-order chi connectivity index (χ1) is 16.4. The summed E-state index contributed by atoms with van der Waals surface area (Å²) >= 11 is 7.33. The van der Waals surface area contributed by atoms with Gasteiger partial charge in [-0.15, -0.1) is 0 Å². The Morgan fingerprint density at radius 1 is 1.21 bits per heavy atom. The predicted molar refractivity (Wildman–Crippen MR) is 129 cm³/mol. The summed E-state index contributed by atoms with van der Waals surface area (Å²) in [6.45, 7) is 2.42. The largest absolute Gasteiger partial charge is 0.494 e. The predicted octanol–water partition coefficient (Wildman–Crippen LogP) is 3.85. The Morgan fingerprint density at radius 3 is 2.53 bits per heavy atom. The van der Waals surface area contributed by atoms with E-state index in [-0.39, 0.29) is 22.3 Å². The van der Waals surface area contributed by atoms with Gasteiger partial charge in [-0.1, -0.05) is 41.6 Å². The van der Waals surface area contributed by atoms with Gasteiger partial charge in [-0.05, 0) is 42.8 Å². The van der Waals surface area contributed by atoms with Crippen molar-refractivity contribution in [3.63, 3.8) is 0 Å². The molecule has 0 aliphatic carbocycles. The van der Waals surface area contributed by atoms with Crippen molar-refractivity contribution in [3.8, 4) is 11.8 Å². The lowest BCUT2D eigenvalue weighted by Crippen LogP contribution is -2.44. The van der Waals surface area contributed by atoms with Crippen LogP contribution in [0.3, 0.4) is 0 Å². The highest BCUT2D eigenvalue weighted by Crippen LogP contribution is 2.42. The van der Waals surface area contributed by atoms with Gasteiger partial charge in [0.1, 0.15) is 11.7 Å². The van der Waals surface area contributed by atoms with Gasteiger partial charge in [0, 0.05) is 16.6 Å². The highest BCUT2D eigenvalue weighted by molar-refractivity contribution is 8.03. The second-order valence-electron chi connectivity index (χ2n) is 7.14. The van der Waals surface area contributed by atoms with Crippen LogP contribution in [0.4, 0.5) is 5.69 Å². The topological polar surface area (TPSA) is 118 Å². The fourth-order valence-electron chi connectivity index (χ4n) is 3.52. The number of methoxy groups -OCH3 is 1. The molecule has 34 heavy (non-hydrogen) atoms. The first kappa shape index (κ1) is 25.1. The average molecular weight is 500 g/mol. The van der Waals surface area contributed by atoms with Gasteiger partial charge >= 0.3 is 5.97 Å². The zero-order chi connectivity index (χ0) is 24.7. The van der Waals surface area contributed by atoms with Crippen LogP contribution in [0.2, 0.25) is 5.02 Å². The van der Waals surface area contributed by atoms with Gasteiger partial charge in [-0.25, -0.2) is 0 Å². The molecule has 0 unspecified atom stereocenters. The molecule has 1 aliphatic heterocycles. The Balaban J connectivity index is 1.83. The number of carbonyl (C=O) groups is 3. The molecule has 0 saturated heterocycles. The molecule has 0 fully saturated rings. The third kappa shape index (κ3) is 5.71. The number of thioether (sulfide) groups is 1. The van der Waals surface area contributed by atoms with Crippen molar-refractivity contribution in [2.75, 3.05) is 24.8 Å². The van der Waals surface area contributed by atoms with Crippen LogP contribution in [0.1, 0.15) is 18.4 Å². The molecule has 3 rings (SSSR count). The molecule has 2 amide bonds. The van der Waals surface area contributed by atoms with Crippen molar-refractivity contribution in [3.05, 3.63) is 69.7 Å². The van der Waals surface area contributed by atoms with Crippen LogP contribution < -0.4 is 15.4 Å².